The summed E-state index contributed by atoms with van der Waals surface area (Å²) in [7, 11) is -5.70. The predicted octanol–water partition coefficient (Wildman–Crippen LogP) is 2.44. The van der Waals surface area contributed by atoms with E-state index < -0.39 is 37.9 Å². The fraction of sp³-hybridized carbons (Fsp3) is 0.381. The lowest BCUT2D eigenvalue weighted by Gasteiger charge is -2.30. The molecule has 1 amide bonds. The second kappa shape index (κ2) is 9.27. The number of rotatable bonds is 8. The molecule has 0 unspecified atom stereocenters. The highest BCUT2D eigenvalue weighted by molar-refractivity contribution is 7.92. The number of amides is 1. The number of anilines is 1. The third-order valence-corrected chi connectivity index (χ3v) is 7.18. The molecule has 0 bridgehead atoms. The van der Waals surface area contributed by atoms with E-state index in [4.69, 9.17) is 4.74 Å². The van der Waals surface area contributed by atoms with Crippen LogP contribution in [0.2, 0.25) is 0 Å². The van der Waals surface area contributed by atoms with Gasteiger partial charge in [-0.05, 0) is 56.2 Å². The van der Waals surface area contributed by atoms with E-state index in [1.807, 2.05) is 6.92 Å². The van der Waals surface area contributed by atoms with Crippen molar-refractivity contribution in [3.63, 3.8) is 0 Å². The first-order chi connectivity index (χ1) is 14.3. The number of benzene rings is 2. The standard InChI is InChI=1S/C21H28N2O6S2/c1-14-7-12-20(29-4)19(13-14)23(31(6,27)28)16(3)21(24)22-15(2)17-8-10-18(11-9-17)30(5,25)26/h7-13,15-16H,1-6H3,(H,22,24)/t15-,16+/m1/s1. The van der Waals surface area contributed by atoms with Gasteiger partial charge in [0, 0.05) is 6.26 Å². The van der Waals surface area contributed by atoms with Crippen LogP contribution in [-0.2, 0) is 24.7 Å². The van der Waals surface area contributed by atoms with E-state index in [2.05, 4.69) is 5.32 Å². The molecule has 0 aliphatic heterocycles. The molecule has 0 heterocycles. The number of sulfone groups is 1. The molecule has 2 atom stereocenters. The number of nitrogens with zero attached hydrogens (tertiary/aromatic N) is 1. The van der Waals surface area contributed by atoms with Crippen molar-refractivity contribution >= 4 is 31.5 Å². The van der Waals surface area contributed by atoms with Gasteiger partial charge in [0.1, 0.15) is 11.8 Å². The lowest BCUT2D eigenvalue weighted by atomic mass is 10.1. The van der Waals surface area contributed by atoms with E-state index in [-0.39, 0.29) is 10.6 Å². The molecule has 0 aliphatic carbocycles. The number of ether oxygens (including phenoxy) is 1. The number of carbonyl (C=O) groups excluding carboxylic acids is 1. The lowest BCUT2D eigenvalue weighted by Crippen LogP contribution is -2.48. The molecule has 2 rings (SSSR count). The number of carbonyl (C=O) groups is 1. The van der Waals surface area contributed by atoms with E-state index in [1.165, 1.54) is 26.2 Å². The van der Waals surface area contributed by atoms with Crippen LogP contribution in [-0.4, -0.2) is 48.4 Å². The Morgan fingerprint density at radius 2 is 1.58 bits per heavy atom. The molecule has 10 heteroatoms. The van der Waals surface area contributed by atoms with Crippen LogP contribution in [0.4, 0.5) is 5.69 Å². The monoisotopic (exact) mass is 468 g/mol. The van der Waals surface area contributed by atoms with Crippen molar-refractivity contribution in [3.8, 4) is 5.75 Å². The number of nitrogens with one attached hydrogen (secondary N) is 1. The van der Waals surface area contributed by atoms with Gasteiger partial charge in [-0.2, -0.15) is 0 Å². The minimum atomic E-state index is -3.81. The van der Waals surface area contributed by atoms with Gasteiger partial charge >= 0.3 is 0 Å². The van der Waals surface area contributed by atoms with Gasteiger partial charge < -0.3 is 10.1 Å². The van der Waals surface area contributed by atoms with Gasteiger partial charge in [-0.3, -0.25) is 9.10 Å². The summed E-state index contributed by atoms with van der Waals surface area (Å²) in [6, 6.07) is 9.74. The van der Waals surface area contributed by atoms with Crippen LogP contribution in [0.15, 0.2) is 47.4 Å². The molecule has 0 fully saturated rings. The van der Waals surface area contributed by atoms with Crippen LogP contribution in [0.3, 0.4) is 0 Å². The van der Waals surface area contributed by atoms with Gasteiger partial charge in [-0.1, -0.05) is 18.2 Å². The summed E-state index contributed by atoms with van der Waals surface area (Å²) in [6.45, 7) is 5.05. The molecule has 0 aromatic heterocycles. The fourth-order valence-corrected chi connectivity index (χ4v) is 4.97. The topological polar surface area (TPSA) is 110 Å². The molecule has 0 spiro atoms. The van der Waals surface area contributed by atoms with Gasteiger partial charge in [-0.15, -0.1) is 0 Å². The second-order valence-electron chi connectivity index (χ2n) is 7.48. The maximum absolute atomic E-state index is 12.9. The highest BCUT2D eigenvalue weighted by atomic mass is 32.2. The van der Waals surface area contributed by atoms with E-state index in [0.717, 1.165) is 22.4 Å². The second-order valence-corrected chi connectivity index (χ2v) is 11.4. The molecule has 0 saturated carbocycles. The molecule has 0 saturated heterocycles. The van der Waals surface area contributed by atoms with Crippen LogP contribution in [0, 0.1) is 6.92 Å². The molecule has 2 aromatic rings. The molecular formula is C21H28N2O6S2. The Balaban J connectivity index is 2.31. The first-order valence-corrected chi connectivity index (χ1v) is 13.2. The number of aryl methyl sites for hydroxylation is 1. The van der Waals surface area contributed by atoms with Crippen LogP contribution < -0.4 is 14.4 Å². The van der Waals surface area contributed by atoms with Crippen molar-refractivity contribution in [2.45, 2.75) is 37.8 Å². The van der Waals surface area contributed by atoms with Gasteiger partial charge in [-0.25, -0.2) is 16.8 Å². The average Bonchev–Trinajstić information content (AvgIpc) is 2.66. The Morgan fingerprint density at radius 3 is 2.06 bits per heavy atom. The first-order valence-electron chi connectivity index (χ1n) is 9.50. The molecular weight excluding hydrogens is 440 g/mol. The van der Waals surface area contributed by atoms with E-state index in [1.54, 1.807) is 37.3 Å². The Hall–Kier alpha value is -2.59. The Morgan fingerprint density at radius 1 is 1.00 bits per heavy atom. The van der Waals surface area contributed by atoms with Gasteiger partial charge in [0.05, 0.1) is 30.0 Å². The summed E-state index contributed by atoms with van der Waals surface area (Å²) in [4.78, 5) is 13.1. The molecule has 1 N–H and O–H groups in total. The lowest BCUT2D eigenvalue weighted by molar-refractivity contribution is -0.122. The van der Waals surface area contributed by atoms with Gasteiger partial charge in [0.25, 0.3) is 0 Å². The van der Waals surface area contributed by atoms with Crippen molar-refractivity contribution in [2.75, 3.05) is 23.9 Å². The molecule has 0 radical (unpaired) electrons. The highest BCUT2D eigenvalue weighted by Gasteiger charge is 2.32. The third-order valence-electron chi connectivity index (χ3n) is 4.83. The summed E-state index contributed by atoms with van der Waals surface area (Å²) < 4.78 is 54.7. The number of hydrogen-bond donors (Lipinski definition) is 1. The zero-order chi connectivity index (χ0) is 23.6. The number of sulfonamides is 1. The Labute approximate surface area is 184 Å². The SMILES string of the molecule is COc1ccc(C)cc1N([C@@H](C)C(=O)N[C@H](C)c1ccc(S(C)(=O)=O)cc1)S(C)(=O)=O. The normalized spacial score (nSPS) is 13.9. The highest BCUT2D eigenvalue weighted by Crippen LogP contribution is 2.32. The number of hydrogen-bond acceptors (Lipinski definition) is 6. The first kappa shape index (κ1) is 24.7. The van der Waals surface area contributed by atoms with Gasteiger partial charge in [0.2, 0.25) is 15.9 Å². The van der Waals surface area contributed by atoms with Crippen LogP contribution >= 0.6 is 0 Å². The average molecular weight is 469 g/mol. The van der Waals surface area contributed by atoms with E-state index >= 15 is 0 Å². The summed E-state index contributed by atoms with van der Waals surface area (Å²) >= 11 is 0. The zero-order valence-corrected chi connectivity index (χ0v) is 20.0. The Bertz CT molecular complexity index is 1160. The molecule has 31 heavy (non-hydrogen) atoms. The van der Waals surface area contributed by atoms with Gasteiger partial charge in [0.15, 0.2) is 9.84 Å². The minimum Gasteiger partial charge on any atom is -0.495 e. The van der Waals surface area contributed by atoms with Crippen LogP contribution in [0.1, 0.15) is 31.0 Å². The van der Waals surface area contributed by atoms with Crippen molar-refractivity contribution in [1.82, 2.24) is 5.32 Å². The quantitative estimate of drug-likeness (QED) is 0.637. The Kier molecular flexibility index (Phi) is 7.38. The van der Waals surface area contributed by atoms with Crippen molar-refractivity contribution in [1.29, 1.82) is 0 Å². The fourth-order valence-electron chi connectivity index (χ4n) is 3.17. The number of methoxy groups -OCH3 is 1. The van der Waals surface area contributed by atoms with Crippen LogP contribution in [0.5, 0.6) is 5.75 Å². The summed E-state index contributed by atoms with van der Waals surface area (Å²) in [6.07, 6.45) is 2.15. The maximum atomic E-state index is 12.9. The zero-order valence-electron chi connectivity index (χ0n) is 18.4. The molecule has 2 aromatic carbocycles. The molecule has 170 valence electrons. The van der Waals surface area contributed by atoms with E-state index in [0.29, 0.717) is 11.3 Å². The molecule has 8 nitrogen and oxygen atoms in total. The maximum Gasteiger partial charge on any atom is 0.244 e. The molecule has 0 aliphatic rings. The predicted molar refractivity (Wildman–Crippen MR) is 121 cm³/mol. The summed E-state index contributed by atoms with van der Waals surface area (Å²) in [5.41, 5.74) is 1.78. The summed E-state index contributed by atoms with van der Waals surface area (Å²) in [5, 5.41) is 2.79. The van der Waals surface area contributed by atoms with Crippen molar-refractivity contribution in [2.24, 2.45) is 0 Å². The van der Waals surface area contributed by atoms with E-state index in [9.17, 15) is 21.6 Å². The minimum absolute atomic E-state index is 0.179. The summed E-state index contributed by atoms with van der Waals surface area (Å²) in [5.74, 6) is -0.172. The van der Waals surface area contributed by atoms with Crippen molar-refractivity contribution in [3.05, 3.63) is 53.6 Å². The third kappa shape index (κ3) is 5.98. The smallest absolute Gasteiger partial charge is 0.244 e. The largest absolute Gasteiger partial charge is 0.495 e. The van der Waals surface area contributed by atoms with Crippen molar-refractivity contribution < 1.29 is 26.4 Å². The van der Waals surface area contributed by atoms with Crippen LogP contribution in [0.25, 0.3) is 0 Å².